The number of carbonyl (C=O) groups is 2. The van der Waals surface area contributed by atoms with Crippen LogP contribution in [0, 0.1) is 5.82 Å². The summed E-state index contributed by atoms with van der Waals surface area (Å²) in [5, 5.41) is 3.84. The molecule has 1 aromatic carbocycles. The number of ether oxygens (including phenoxy) is 1. The number of benzene rings is 1. The summed E-state index contributed by atoms with van der Waals surface area (Å²) < 4.78 is 47.6. The zero-order valence-electron chi connectivity index (χ0n) is 18.3. The van der Waals surface area contributed by atoms with Crippen LogP contribution in [0.5, 0.6) is 5.75 Å². The first kappa shape index (κ1) is 23.5. The molecule has 182 valence electrons. The SMILES string of the molecule is COc1cc(C2=CC3C(S2)C(=O)N(c2cncc4cnn(C)c24)C(=O)N3CC(F)F)c(Cl)cc1F. The second-order valence-corrected chi connectivity index (χ2v) is 9.48. The number of nitrogens with zero attached hydrogens (tertiary/aromatic N) is 5. The maximum Gasteiger partial charge on any atom is 0.332 e. The van der Waals surface area contributed by atoms with E-state index in [1.54, 1.807) is 7.05 Å². The number of halogens is 4. The van der Waals surface area contributed by atoms with E-state index >= 15 is 0 Å². The highest BCUT2D eigenvalue weighted by Gasteiger charge is 2.51. The van der Waals surface area contributed by atoms with Crippen LogP contribution in [-0.2, 0) is 11.8 Å². The summed E-state index contributed by atoms with van der Waals surface area (Å²) in [5.74, 6) is -1.33. The maximum atomic E-state index is 14.1. The fourth-order valence-electron chi connectivity index (χ4n) is 4.29. The van der Waals surface area contributed by atoms with Gasteiger partial charge in [-0.05, 0) is 18.2 Å². The normalized spacial score (nSPS) is 20.1. The van der Waals surface area contributed by atoms with Crippen molar-refractivity contribution in [1.29, 1.82) is 0 Å². The summed E-state index contributed by atoms with van der Waals surface area (Å²) in [6.07, 6.45) is 3.08. The molecule has 0 spiro atoms. The molecule has 2 unspecified atom stereocenters. The highest BCUT2D eigenvalue weighted by Crippen LogP contribution is 2.48. The minimum atomic E-state index is -2.84. The van der Waals surface area contributed by atoms with Crippen molar-refractivity contribution < 1.29 is 27.5 Å². The van der Waals surface area contributed by atoms with Gasteiger partial charge in [0.1, 0.15) is 5.25 Å². The van der Waals surface area contributed by atoms with Crippen molar-refractivity contribution in [2.45, 2.75) is 17.7 Å². The molecule has 3 amide bonds. The Hall–Kier alpha value is -3.25. The van der Waals surface area contributed by atoms with E-state index in [1.807, 2.05) is 0 Å². The lowest BCUT2D eigenvalue weighted by Crippen LogP contribution is -2.63. The van der Waals surface area contributed by atoms with Crippen molar-refractivity contribution >= 4 is 56.8 Å². The largest absolute Gasteiger partial charge is 0.494 e. The van der Waals surface area contributed by atoms with Gasteiger partial charge in [-0.2, -0.15) is 5.10 Å². The molecule has 0 bridgehead atoms. The van der Waals surface area contributed by atoms with Crippen LogP contribution in [0.25, 0.3) is 15.8 Å². The fraction of sp³-hybridized carbons (Fsp3) is 0.273. The molecule has 1 fully saturated rings. The summed E-state index contributed by atoms with van der Waals surface area (Å²) >= 11 is 7.32. The van der Waals surface area contributed by atoms with Gasteiger partial charge in [-0.25, -0.2) is 22.9 Å². The van der Waals surface area contributed by atoms with Gasteiger partial charge in [-0.3, -0.25) is 14.5 Å². The topological polar surface area (TPSA) is 80.6 Å². The van der Waals surface area contributed by atoms with Crippen molar-refractivity contribution in [3.8, 4) is 5.75 Å². The fourth-order valence-corrected chi connectivity index (χ4v) is 5.96. The first-order valence-electron chi connectivity index (χ1n) is 10.3. The number of thioether (sulfide) groups is 1. The van der Waals surface area contributed by atoms with Gasteiger partial charge in [-0.1, -0.05) is 11.6 Å². The molecule has 2 atom stereocenters. The van der Waals surface area contributed by atoms with Crippen LogP contribution < -0.4 is 9.64 Å². The quantitative estimate of drug-likeness (QED) is 0.495. The van der Waals surface area contributed by atoms with E-state index < -0.39 is 42.0 Å². The van der Waals surface area contributed by atoms with E-state index in [4.69, 9.17) is 16.3 Å². The number of imide groups is 1. The number of amides is 3. The molecule has 3 aromatic rings. The Morgan fingerprint density at radius 3 is 2.71 bits per heavy atom. The van der Waals surface area contributed by atoms with E-state index in [0.717, 1.165) is 27.6 Å². The van der Waals surface area contributed by atoms with E-state index in [0.29, 0.717) is 21.4 Å². The number of aryl methyl sites for hydroxylation is 1. The van der Waals surface area contributed by atoms with Crippen molar-refractivity contribution in [3.05, 3.63) is 53.2 Å². The maximum absolute atomic E-state index is 14.1. The third kappa shape index (κ3) is 3.80. The lowest BCUT2D eigenvalue weighted by Gasteiger charge is -2.41. The number of hydrogen-bond acceptors (Lipinski definition) is 6. The molecule has 13 heteroatoms. The van der Waals surface area contributed by atoms with Crippen LogP contribution in [0.2, 0.25) is 5.02 Å². The molecule has 5 rings (SSSR count). The number of alkyl halides is 2. The summed E-state index contributed by atoms with van der Waals surface area (Å²) in [5.41, 5.74) is 0.967. The Morgan fingerprint density at radius 2 is 2.00 bits per heavy atom. The van der Waals surface area contributed by atoms with Gasteiger partial charge in [0.25, 0.3) is 12.3 Å². The van der Waals surface area contributed by atoms with Gasteiger partial charge in [0.15, 0.2) is 11.6 Å². The van der Waals surface area contributed by atoms with Crippen LogP contribution in [0.4, 0.5) is 23.7 Å². The molecule has 1 saturated heterocycles. The average molecular weight is 524 g/mol. The molecule has 2 aliphatic heterocycles. The van der Waals surface area contributed by atoms with Gasteiger partial charge in [-0.15, -0.1) is 11.8 Å². The molecule has 8 nitrogen and oxygen atoms in total. The third-order valence-corrected chi connectivity index (χ3v) is 7.51. The Bertz CT molecular complexity index is 1400. The highest BCUT2D eigenvalue weighted by molar-refractivity contribution is 8.09. The van der Waals surface area contributed by atoms with Gasteiger partial charge in [0.2, 0.25) is 0 Å². The van der Waals surface area contributed by atoms with Crippen LogP contribution in [0.15, 0.2) is 36.8 Å². The van der Waals surface area contributed by atoms with Gasteiger partial charge >= 0.3 is 6.03 Å². The van der Waals surface area contributed by atoms with Crippen molar-refractivity contribution in [2.75, 3.05) is 18.6 Å². The van der Waals surface area contributed by atoms with E-state index in [-0.39, 0.29) is 16.5 Å². The Kier molecular flexibility index (Phi) is 5.88. The zero-order chi connectivity index (χ0) is 25.0. The number of pyridine rings is 1. The molecule has 0 N–H and O–H groups in total. The second-order valence-electron chi connectivity index (χ2n) is 7.89. The lowest BCUT2D eigenvalue weighted by molar-refractivity contribution is -0.119. The summed E-state index contributed by atoms with van der Waals surface area (Å²) in [6, 6.07) is 0.596. The predicted molar refractivity (Wildman–Crippen MR) is 125 cm³/mol. The molecular weight excluding hydrogens is 507 g/mol. The van der Waals surface area contributed by atoms with E-state index in [9.17, 15) is 22.8 Å². The van der Waals surface area contributed by atoms with E-state index in [2.05, 4.69) is 10.1 Å². The Morgan fingerprint density at radius 1 is 1.23 bits per heavy atom. The number of fused-ring (bicyclic) bond motifs is 2. The number of methoxy groups -OCH3 is 1. The molecule has 0 saturated carbocycles. The van der Waals surface area contributed by atoms with Crippen LogP contribution in [-0.4, -0.2) is 63.0 Å². The molecule has 2 aromatic heterocycles. The zero-order valence-corrected chi connectivity index (χ0v) is 19.9. The summed E-state index contributed by atoms with van der Waals surface area (Å²) in [4.78, 5) is 33.4. The minimum Gasteiger partial charge on any atom is -0.494 e. The first-order valence-corrected chi connectivity index (χ1v) is 11.6. The molecule has 0 radical (unpaired) electrons. The standard InChI is InChI=1S/C22H17ClF3N5O3S/c1-29-19-10(7-28-29)6-27-8-15(19)31-21(32)20-14(30(22(31)33)9-18(25)26)5-17(35-20)11-3-16(34-2)13(24)4-12(11)23/h3-8,14,18,20H,9H2,1-2H3. The van der Waals surface area contributed by atoms with E-state index in [1.165, 1.54) is 42.5 Å². The molecular formula is C22H17ClF3N5O3S. The molecule has 2 aliphatic rings. The monoisotopic (exact) mass is 523 g/mol. The molecule has 4 heterocycles. The van der Waals surface area contributed by atoms with Crippen LogP contribution in [0.1, 0.15) is 5.56 Å². The van der Waals surface area contributed by atoms with Crippen LogP contribution in [0.3, 0.4) is 0 Å². The third-order valence-electron chi connectivity index (χ3n) is 5.85. The van der Waals surface area contributed by atoms with Gasteiger partial charge in [0, 0.05) is 29.1 Å². The number of urea groups is 1. The first-order chi connectivity index (χ1) is 16.7. The van der Waals surface area contributed by atoms with Crippen molar-refractivity contribution in [2.24, 2.45) is 7.05 Å². The van der Waals surface area contributed by atoms with Crippen molar-refractivity contribution in [3.63, 3.8) is 0 Å². The number of anilines is 1. The smallest absolute Gasteiger partial charge is 0.332 e. The van der Waals surface area contributed by atoms with Crippen molar-refractivity contribution in [1.82, 2.24) is 19.7 Å². The lowest BCUT2D eigenvalue weighted by atomic mass is 10.0. The number of carbonyl (C=O) groups excluding carboxylic acids is 2. The number of aromatic nitrogens is 3. The molecule has 0 aliphatic carbocycles. The predicted octanol–water partition coefficient (Wildman–Crippen LogP) is 4.33. The van der Waals surface area contributed by atoms with Crippen LogP contribution >= 0.6 is 23.4 Å². The summed E-state index contributed by atoms with van der Waals surface area (Å²) in [7, 11) is 2.93. The Balaban J connectivity index is 1.60. The average Bonchev–Trinajstić information content (AvgIpc) is 3.42. The molecule has 35 heavy (non-hydrogen) atoms. The Labute approximate surface area is 206 Å². The summed E-state index contributed by atoms with van der Waals surface area (Å²) in [6.45, 7) is -0.886. The minimum absolute atomic E-state index is 0.0561. The number of hydrogen-bond donors (Lipinski definition) is 0. The number of rotatable bonds is 5. The van der Waals surface area contributed by atoms with Gasteiger partial charge in [0.05, 0.1) is 48.3 Å². The highest BCUT2D eigenvalue weighted by atomic mass is 35.5. The van der Waals surface area contributed by atoms with Gasteiger partial charge < -0.3 is 9.64 Å². The second kappa shape index (κ2) is 8.76.